The van der Waals surface area contributed by atoms with Crippen molar-refractivity contribution in [1.29, 1.82) is 0 Å². The number of hydrogen-bond acceptors (Lipinski definition) is 3. The Hall–Kier alpha value is -3.04. The molecule has 1 aromatic heterocycles. The Morgan fingerprint density at radius 1 is 1.04 bits per heavy atom. The number of rotatable bonds is 4. The van der Waals surface area contributed by atoms with Crippen LogP contribution in [-0.2, 0) is 18.9 Å². The highest BCUT2D eigenvalue weighted by molar-refractivity contribution is 5.90. The molecule has 0 aliphatic carbocycles. The molecule has 3 aromatic rings. The van der Waals surface area contributed by atoms with E-state index in [9.17, 15) is 31.1 Å². The summed E-state index contributed by atoms with van der Waals surface area (Å²) >= 11 is 0. The molecule has 0 bridgehead atoms. The first-order chi connectivity index (χ1) is 13.0. The molecule has 2 aromatic carbocycles. The molecule has 1 heterocycles. The van der Waals surface area contributed by atoms with Crippen molar-refractivity contribution in [3.8, 4) is 5.88 Å². The Morgan fingerprint density at radius 3 is 2.32 bits per heavy atom. The summed E-state index contributed by atoms with van der Waals surface area (Å²) in [6.45, 7) is -0.471. The highest BCUT2D eigenvalue weighted by Crippen LogP contribution is 2.38. The Kier molecular flexibility index (Phi) is 4.82. The number of alkyl halides is 6. The summed E-state index contributed by atoms with van der Waals surface area (Å²) < 4.78 is 84.8. The third-order valence-electron chi connectivity index (χ3n) is 4.11. The Balaban J connectivity index is 2.12. The molecule has 4 nitrogen and oxygen atoms in total. The van der Waals surface area contributed by atoms with Crippen LogP contribution < -0.4 is 4.74 Å². The minimum atomic E-state index is -4.99. The molecule has 0 atom stereocenters. The van der Waals surface area contributed by atoms with Gasteiger partial charge in [0.2, 0.25) is 5.88 Å². The van der Waals surface area contributed by atoms with Gasteiger partial charge >= 0.3 is 12.4 Å². The second-order valence-corrected chi connectivity index (χ2v) is 5.93. The van der Waals surface area contributed by atoms with Crippen LogP contribution in [0.3, 0.4) is 0 Å². The second-order valence-electron chi connectivity index (χ2n) is 5.93. The molecule has 0 unspecified atom stereocenters. The van der Waals surface area contributed by atoms with Crippen molar-refractivity contribution >= 4 is 17.2 Å². The first kappa shape index (κ1) is 19.7. The summed E-state index contributed by atoms with van der Waals surface area (Å²) in [6.07, 6.45) is -9.29. The van der Waals surface area contributed by atoms with Gasteiger partial charge in [0, 0.05) is 5.56 Å². The van der Waals surface area contributed by atoms with E-state index in [1.54, 1.807) is 0 Å². The number of ether oxygens (including phenoxy) is 1. The number of halogens is 6. The summed E-state index contributed by atoms with van der Waals surface area (Å²) in [5.74, 6) is 0.0896. The minimum Gasteiger partial charge on any atom is -0.481 e. The molecule has 0 spiro atoms. The number of benzene rings is 2. The van der Waals surface area contributed by atoms with Gasteiger partial charge < -0.3 is 4.74 Å². The van der Waals surface area contributed by atoms with E-state index in [0.29, 0.717) is 28.8 Å². The zero-order valence-corrected chi connectivity index (χ0v) is 14.2. The van der Waals surface area contributed by atoms with Gasteiger partial charge in [0.15, 0.2) is 0 Å². The summed E-state index contributed by atoms with van der Waals surface area (Å²) in [4.78, 5) is 10.9. The number of fused-ring (bicyclic) bond motifs is 1. The fourth-order valence-electron chi connectivity index (χ4n) is 2.84. The van der Waals surface area contributed by atoms with Crippen molar-refractivity contribution in [2.24, 2.45) is 0 Å². The lowest BCUT2D eigenvalue weighted by Gasteiger charge is -2.16. The van der Waals surface area contributed by atoms with E-state index in [2.05, 4.69) is 5.10 Å². The van der Waals surface area contributed by atoms with E-state index in [-0.39, 0.29) is 11.9 Å². The Labute approximate surface area is 154 Å². The van der Waals surface area contributed by atoms with Crippen molar-refractivity contribution < 1.29 is 35.9 Å². The van der Waals surface area contributed by atoms with E-state index in [1.807, 2.05) is 0 Å². The predicted octanol–water partition coefficient (Wildman–Crippen LogP) is 4.94. The monoisotopic (exact) mass is 402 g/mol. The highest BCUT2D eigenvalue weighted by atomic mass is 19.4. The van der Waals surface area contributed by atoms with Crippen molar-refractivity contribution in [2.75, 3.05) is 7.11 Å². The van der Waals surface area contributed by atoms with Crippen LogP contribution in [0.25, 0.3) is 10.9 Å². The van der Waals surface area contributed by atoms with Gasteiger partial charge in [-0.3, -0.25) is 4.79 Å². The van der Waals surface area contributed by atoms with Crippen molar-refractivity contribution in [2.45, 2.75) is 18.9 Å². The third kappa shape index (κ3) is 3.67. The fourth-order valence-corrected chi connectivity index (χ4v) is 2.84. The maximum atomic E-state index is 13.3. The van der Waals surface area contributed by atoms with E-state index < -0.39 is 35.6 Å². The topological polar surface area (TPSA) is 44.1 Å². The fraction of sp³-hybridized carbons (Fsp3) is 0.222. The van der Waals surface area contributed by atoms with E-state index in [0.717, 1.165) is 10.7 Å². The van der Waals surface area contributed by atoms with E-state index in [4.69, 9.17) is 4.74 Å². The first-order valence-electron chi connectivity index (χ1n) is 7.81. The highest BCUT2D eigenvalue weighted by Gasteiger charge is 2.38. The van der Waals surface area contributed by atoms with Gasteiger partial charge in [-0.1, -0.05) is 6.07 Å². The lowest BCUT2D eigenvalue weighted by atomic mass is 10.0. The largest absolute Gasteiger partial charge is 0.481 e. The average molecular weight is 402 g/mol. The molecule has 28 heavy (non-hydrogen) atoms. The van der Waals surface area contributed by atoms with Crippen molar-refractivity contribution in [3.05, 3.63) is 58.7 Å². The summed E-state index contributed by atoms with van der Waals surface area (Å²) in [6, 6.07) is 5.87. The quantitative estimate of drug-likeness (QED) is 0.459. The smallest absolute Gasteiger partial charge is 0.416 e. The van der Waals surface area contributed by atoms with Crippen LogP contribution in [0.2, 0.25) is 0 Å². The van der Waals surface area contributed by atoms with Gasteiger partial charge in [-0.05, 0) is 35.9 Å². The summed E-state index contributed by atoms with van der Waals surface area (Å²) in [5, 5.41) is 4.53. The third-order valence-corrected chi connectivity index (χ3v) is 4.11. The predicted molar refractivity (Wildman–Crippen MR) is 87.2 cm³/mol. The summed E-state index contributed by atoms with van der Waals surface area (Å²) in [5.41, 5.74) is -2.52. The SMILES string of the molecule is COc1c2cc(C=O)ccc2nn1Cc1ccc(C(F)(F)F)cc1C(F)(F)F. The Bertz CT molecular complexity index is 1040. The van der Waals surface area contributed by atoms with Crippen LogP contribution in [-0.4, -0.2) is 23.2 Å². The van der Waals surface area contributed by atoms with Crippen molar-refractivity contribution in [3.63, 3.8) is 0 Å². The van der Waals surface area contributed by atoms with Gasteiger partial charge in [0.05, 0.1) is 35.7 Å². The number of nitrogens with zero attached hydrogens (tertiary/aromatic N) is 2. The standard InChI is InChI=1S/C18H12F6N2O2/c1-28-16-13-6-10(9-27)2-5-15(13)25-26(16)8-11-3-4-12(17(19,20)21)7-14(11)18(22,23)24/h2-7,9H,8H2,1H3. The van der Waals surface area contributed by atoms with E-state index in [1.165, 1.54) is 25.3 Å². The van der Waals surface area contributed by atoms with Crippen LogP contribution in [0.15, 0.2) is 36.4 Å². The van der Waals surface area contributed by atoms with Gasteiger partial charge in [-0.2, -0.15) is 31.4 Å². The molecular formula is C18H12F6N2O2. The van der Waals surface area contributed by atoms with Gasteiger partial charge in [-0.15, -0.1) is 0 Å². The lowest BCUT2D eigenvalue weighted by Crippen LogP contribution is -2.15. The molecule has 0 aliphatic rings. The molecule has 0 aliphatic heterocycles. The number of hydrogen-bond donors (Lipinski definition) is 0. The van der Waals surface area contributed by atoms with Gasteiger partial charge in [-0.25, -0.2) is 4.68 Å². The molecule has 148 valence electrons. The molecule has 3 rings (SSSR count). The molecule has 0 radical (unpaired) electrons. The number of aromatic nitrogens is 2. The number of carbonyl (C=O) groups is 1. The van der Waals surface area contributed by atoms with Crippen LogP contribution in [0, 0.1) is 0 Å². The van der Waals surface area contributed by atoms with Crippen LogP contribution >= 0.6 is 0 Å². The molecule has 0 fully saturated rings. The van der Waals surface area contributed by atoms with Gasteiger partial charge in [0.25, 0.3) is 0 Å². The number of methoxy groups -OCH3 is 1. The van der Waals surface area contributed by atoms with Crippen LogP contribution in [0.1, 0.15) is 27.0 Å². The van der Waals surface area contributed by atoms with Crippen LogP contribution in [0.4, 0.5) is 26.3 Å². The lowest BCUT2D eigenvalue weighted by molar-refractivity contribution is -0.143. The van der Waals surface area contributed by atoms with Gasteiger partial charge in [0.1, 0.15) is 6.29 Å². The average Bonchev–Trinajstić information content (AvgIpc) is 2.96. The number of carbonyl (C=O) groups excluding carboxylic acids is 1. The zero-order valence-electron chi connectivity index (χ0n) is 14.2. The van der Waals surface area contributed by atoms with Crippen LogP contribution in [0.5, 0.6) is 5.88 Å². The molecule has 0 N–H and O–H groups in total. The van der Waals surface area contributed by atoms with E-state index >= 15 is 0 Å². The minimum absolute atomic E-state index is 0.0789. The molecular weight excluding hydrogens is 390 g/mol. The maximum absolute atomic E-state index is 13.3. The van der Waals surface area contributed by atoms with Crippen molar-refractivity contribution in [1.82, 2.24) is 9.78 Å². The molecule has 0 amide bonds. The second kappa shape index (κ2) is 6.84. The molecule has 0 saturated carbocycles. The first-order valence-corrected chi connectivity index (χ1v) is 7.81. The normalized spacial score (nSPS) is 12.4. The Morgan fingerprint density at radius 2 is 1.75 bits per heavy atom. The zero-order chi connectivity index (χ0) is 20.7. The number of aldehydes is 1. The molecule has 0 saturated heterocycles. The summed E-state index contributed by atoms with van der Waals surface area (Å²) in [7, 11) is 1.28. The maximum Gasteiger partial charge on any atom is 0.416 e. The molecule has 10 heteroatoms.